The molecule has 1 aromatic rings. The summed E-state index contributed by atoms with van der Waals surface area (Å²) in [6, 6.07) is -0.352. The molecule has 1 heterocycles. The number of hydrogen-bond donors (Lipinski definition) is 12. The van der Waals surface area contributed by atoms with Crippen molar-refractivity contribution in [1.82, 2.24) is 36.8 Å². The van der Waals surface area contributed by atoms with Crippen molar-refractivity contribution in [3.05, 3.63) is 35.9 Å². The fourth-order valence-electron chi connectivity index (χ4n) is 6.95. The smallest absolute Gasteiger partial charge is 0.326 e. The van der Waals surface area contributed by atoms with Crippen LogP contribution in [0.15, 0.2) is 35.3 Å². The number of likely N-dealkylation sites (tertiary alicyclic amines) is 1. The van der Waals surface area contributed by atoms with Crippen LogP contribution in [0.1, 0.15) is 91.5 Å². The maximum absolute atomic E-state index is 14.0. The van der Waals surface area contributed by atoms with Crippen LogP contribution in [0.2, 0.25) is 0 Å². The SMILES string of the molecule is CC(C)C[C@H](NC(=O)[C@H](C)NC(=O)[C@@H](NC(=O)[C@@H]1CCCN1C(=O)[C@H](CCCCN)NC(=O)[C@@H](N)Cc1ccccc1)[C@@H](C)O)C(=O)N[C@H](C)C(=O)N[C@@H](CCCN=C(N)N)C(=O)O. The molecule has 0 aliphatic carbocycles. The number of aliphatic hydroxyl groups excluding tert-OH is 1. The molecule has 16 N–H and O–H groups in total. The second-order valence-electron chi connectivity index (χ2n) is 16.6. The Hall–Kier alpha value is -5.87. The van der Waals surface area contributed by atoms with Crippen LogP contribution >= 0.6 is 0 Å². The lowest BCUT2D eigenvalue weighted by molar-refractivity contribution is -0.143. The van der Waals surface area contributed by atoms with E-state index >= 15 is 0 Å². The van der Waals surface area contributed by atoms with Crippen molar-refractivity contribution in [2.24, 2.45) is 33.8 Å². The second-order valence-corrected chi connectivity index (χ2v) is 16.6. The zero-order valence-corrected chi connectivity index (χ0v) is 37.5. The first-order valence-electron chi connectivity index (χ1n) is 21.7. The number of carbonyl (C=O) groups is 8. The maximum Gasteiger partial charge on any atom is 0.326 e. The molecular weight excluding hydrogens is 833 g/mol. The van der Waals surface area contributed by atoms with Gasteiger partial charge in [-0.25, -0.2) is 4.79 Å². The molecule has 0 bridgehead atoms. The zero-order chi connectivity index (χ0) is 48.1. The summed E-state index contributed by atoms with van der Waals surface area (Å²) >= 11 is 0. The van der Waals surface area contributed by atoms with E-state index in [9.17, 15) is 48.6 Å². The minimum atomic E-state index is -1.56. The summed E-state index contributed by atoms with van der Waals surface area (Å²) in [5.74, 6) is -6.62. The largest absolute Gasteiger partial charge is 0.480 e. The number of nitrogens with zero attached hydrogens (tertiary/aromatic N) is 2. The molecule has 358 valence electrons. The van der Waals surface area contributed by atoms with Gasteiger partial charge in [0, 0.05) is 13.1 Å². The summed E-state index contributed by atoms with van der Waals surface area (Å²) in [6.45, 7) is 8.24. The number of rotatable bonds is 27. The Morgan fingerprint density at radius 2 is 1.33 bits per heavy atom. The molecule has 0 aromatic heterocycles. The monoisotopic (exact) mass is 903 g/mol. The van der Waals surface area contributed by atoms with Crippen molar-refractivity contribution in [3.63, 3.8) is 0 Å². The second kappa shape index (κ2) is 27.3. The molecule has 1 saturated heterocycles. The molecule has 1 aromatic carbocycles. The number of unbranched alkanes of at least 4 members (excludes halogenated alkanes) is 1. The Morgan fingerprint density at radius 3 is 1.89 bits per heavy atom. The molecule has 22 nitrogen and oxygen atoms in total. The van der Waals surface area contributed by atoms with Gasteiger partial charge in [-0.3, -0.25) is 38.6 Å². The summed E-state index contributed by atoms with van der Waals surface area (Å²) in [4.78, 5) is 111. The van der Waals surface area contributed by atoms with Crippen molar-refractivity contribution in [3.8, 4) is 0 Å². The van der Waals surface area contributed by atoms with Crippen molar-refractivity contribution in [2.45, 2.75) is 147 Å². The first-order valence-corrected chi connectivity index (χ1v) is 21.7. The zero-order valence-electron chi connectivity index (χ0n) is 37.5. The van der Waals surface area contributed by atoms with E-state index in [-0.39, 0.29) is 63.5 Å². The van der Waals surface area contributed by atoms with E-state index in [0.717, 1.165) is 5.56 Å². The highest BCUT2D eigenvalue weighted by molar-refractivity contribution is 5.97. The number of aliphatic hydroxyl groups is 1. The van der Waals surface area contributed by atoms with Gasteiger partial charge in [-0.15, -0.1) is 0 Å². The lowest BCUT2D eigenvalue weighted by Gasteiger charge is -2.31. The van der Waals surface area contributed by atoms with Gasteiger partial charge in [0.1, 0.15) is 42.3 Å². The third kappa shape index (κ3) is 18.5. The molecule has 1 aliphatic heterocycles. The molecule has 9 atom stereocenters. The van der Waals surface area contributed by atoms with Crippen molar-refractivity contribution >= 4 is 53.3 Å². The van der Waals surface area contributed by atoms with Gasteiger partial charge < -0.3 is 69.9 Å². The highest BCUT2D eigenvalue weighted by Gasteiger charge is 2.40. The number of aliphatic carboxylic acids is 1. The number of nitrogens with two attached hydrogens (primary N) is 4. The molecular formula is C42H70N12O10. The van der Waals surface area contributed by atoms with Crippen LogP contribution in [0.5, 0.6) is 0 Å². The summed E-state index contributed by atoms with van der Waals surface area (Å²) < 4.78 is 0. The van der Waals surface area contributed by atoms with Crippen molar-refractivity contribution in [2.75, 3.05) is 19.6 Å². The highest BCUT2D eigenvalue weighted by Crippen LogP contribution is 2.21. The first kappa shape index (κ1) is 54.3. The average Bonchev–Trinajstić information content (AvgIpc) is 3.73. The van der Waals surface area contributed by atoms with Gasteiger partial charge in [-0.2, -0.15) is 0 Å². The minimum Gasteiger partial charge on any atom is -0.480 e. The van der Waals surface area contributed by atoms with Crippen molar-refractivity contribution in [1.29, 1.82) is 0 Å². The third-order valence-electron chi connectivity index (χ3n) is 10.5. The van der Waals surface area contributed by atoms with Gasteiger partial charge in [0.05, 0.1) is 12.1 Å². The van der Waals surface area contributed by atoms with Gasteiger partial charge >= 0.3 is 5.97 Å². The van der Waals surface area contributed by atoms with Crippen LogP contribution < -0.4 is 54.8 Å². The summed E-state index contributed by atoms with van der Waals surface area (Å²) in [6.07, 6.45) is 1.21. The Balaban J connectivity index is 2.09. The average molecular weight is 903 g/mol. The van der Waals surface area contributed by atoms with Gasteiger partial charge in [-0.1, -0.05) is 44.2 Å². The predicted octanol–water partition coefficient (Wildman–Crippen LogP) is -2.81. The van der Waals surface area contributed by atoms with E-state index in [2.05, 4.69) is 36.9 Å². The molecule has 0 unspecified atom stereocenters. The number of guanidine groups is 1. The quantitative estimate of drug-likeness (QED) is 0.0241. The Morgan fingerprint density at radius 1 is 0.750 bits per heavy atom. The number of aliphatic imine (C=N–C) groups is 1. The van der Waals surface area contributed by atoms with E-state index in [1.807, 2.05) is 30.3 Å². The van der Waals surface area contributed by atoms with Crippen LogP contribution in [0.3, 0.4) is 0 Å². The van der Waals surface area contributed by atoms with Crippen LogP contribution in [-0.2, 0) is 44.8 Å². The molecule has 1 fully saturated rings. The molecule has 1 aliphatic rings. The number of carboxylic acid groups (broad SMARTS) is 1. The number of nitrogens with one attached hydrogen (secondary N) is 6. The Kier molecular flexibility index (Phi) is 23.2. The lowest BCUT2D eigenvalue weighted by atomic mass is 10.0. The van der Waals surface area contributed by atoms with E-state index in [1.54, 1.807) is 13.8 Å². The number of carboxylic acids is 1. The molecule has 7 amide bonds. The van der Waals surface area contributed by atoms with Crippen LogP contribution in [-0.4, -0.2) is 142 Å². The minimum absolute atomic E-state index is 0.00981. The Labute approximate surface area is 374 Å². The number of benzene rings is 1. The molecule has 2 rings (SSSR count). The summed E-state index contributed by atoms with van der Waals surface area (Å²) in [7, 11) is 0. The van der Waals surface area contributed by atoms with Gasteiger partial charge in [0.25, 0.3) is 0 Å². The van der Waals surface area contributed by atoms with Crippen LogP contribution in [0.25, 0.3) is 0 Å². The molecule has 22 heteroatoms. The first-order chi connectivity index (χ1) is 30.2. The van der Waals surface area contributed by atoms with E-state index in [1.165, 1.54) is 25.7 Å². The fraction of sp³-hybridized carbons (Fsp3) is 0.643. The molecule has 64 heavy (non-hydrogen) atoms. The summed E-state index contributed by atoms with van der Waals surface area (Å²) in [5.41, 5.74) is 23.3. The van der Waals surface area contributed by atoms with E-state index in [4.69, 9.17) is 22.9 Å². The van der Waals surface area contributed by atoms with Gasteiger partial charge in [-0.05, 0) is 96.6 Å². The van der Waals surface area contributed by atoms with Gasteiger partial charge in [0.2, 0.25) is 41.4 Å². The number of hydrogen-bond acceptors (Lipinski definition) is 12. The highest BCUT2D eigenvalue weighted by atomic mass is 16.4. The number of carbonyl (C=O) groups excluding carboxylic acids is 7. The summed E-state index contributed by atoms with van der Waals surface area (Å²) in [5, 5.41) is 35.3. The van der Waals surface area contributed by atoms with E-state index in [0.29, 0.717) is 25.8 Å². The van der Waals surface area contributed by atoms with Crippen molar-refractivity contribution < 1.29 is 48.6 Å². The Bertz CT molecular complexity index is 1760. The van der Waals surface area contributed by atoms with E-state index < -0.39 is 102 Å². The predicted molar refractivity (Wildman–Crippen MR) is 237 cm³/mol. The molecule has 0 saturated carbocycles. The number of amides is 7. The lowest BCUT2D eigenvalue weighted by Crippen LogP contribution is -2.61. The van der Waals surface area contributed by atoms with Gasteiger partial charge in [0.15, 0.2) is 5.96 Å². The molecule has 0 spiro atoms. The fourth-order valence-corrected chi connectivity index (χ4v) is 6.95. The van der Waals surface area contributed by atoms with Crippen LogP contribution in [0, 0.1) is 5.92 Å². The standard InChI is InChI=1S/C42H70N12O10/c1-23(2)21-31(37(59)48-24(3)34(56)51-30(41(63)64)16-11-19-47-42(45)46)52-35(57)25(4)49-39(61)33(26(5)55)53-38(60)32-17-12-20-54(32)40(62)29(15-9-10-18-43)50-36(58)28(44)22-27-13-7-6-8-14-27/h6-8,13-14,23-26,28-33,55H,9-12,15-22,43-44H2,1-5H3,(H,48,59)(H,49,61)(H,50,58)(H,51,56)(H,52,57)(H,53,60)(H,63,64)(H4,45,46,47)/t24-,25+,26-,28+,29+,30+,31+,32+,33+/m1/s1. The maximum atomic E-state index is 14.0. The topological polar surface area (TPSA) is 369 Å². The molecule has 0 radical (unpaired) electrons. The third-order valence-corrected chi connectivity index (χ3v) is 10.5. The normalized spacial score (nSPS) is 17.3. The van der Waals surface area contributed by atoms with Crippen LogP contribution in [0.4, 0.5) is 0 Å².